The summed E-state index contributed by atoms with van der Waals surface area (Å²) >= 11 is 7.33. The lowest BCUT2D eigenvalue weighted by Gasteiger charge is -2.10. The Morgan fingerprint density at radius 3 is 2.87 bits per heavy atom. The smallest absolute Gasteiger partial charge is 0.120 e. The zero-order valence-corrected chi connectivity index (χ0v) is 10.2. The third kappa shape index (κ3) is 3.33. The minimum Gasteiger partial charge on any atom is -0.497 e. The molecule has 0 N–H and O–H groups in total. The lowest BCUT2D eigenvalue weighted by atomic mass is 10.2. The number of methoxy groups -OCH3 is 1. The lowest BCUT2D eigenvalue weighted by molar-refractivity contribution is 0.413. The van der Waals surface area contributed by atoms with Gasteiger partial charge in [-0.2, -0.15) is 5.26 Å². The van der Waals surface area contributed by atoms with Crippen molar-refractivity contribution in [3.8, 4) is 11.8 Å². The molecule has 80 valence electrons. The van der Waals surface area contributed by atoms with Gasteiger partial charge in [0.05, 0.1) is 12.7 Å². The molecular formula is C11H12ClNOS. The maximum atomic E-state index is 8.93. The summed E-state index contributed by atoms with van der Waals surface area (Å²) in [6.45, 7) is 2.03. The molecule has 1 aromatic rings. The Kier molecular flexibility index (Phi) is 4.80. The van der Waals surface area contributed by atoms with E-state index in [1.165, 1.54) is 0 Å². The Morgan fingerprint density at radius 1 is 1.60 bits per heavy atom. The average molecular weight is 242 g/mol. The molecule has 0 spiro atoms. The van der Waals surface area contributed by atoms with Gasteiger partial charge in [-0.1, -0.05) is 6.92 Å². The number of hydrogen-bond donors (Lipinski definition) is 0. The van der Waals surface area contributed by atoms with Crippen LogP contribution in [0.4, 0.5) is 0 Å². The highest BCUT2D eigenvalue weighted by Gasteiger charge is 2.08. The fourth-order valence-corrected chi connectivity index (χ4v) is 2.18. The normalized spacial score (nSPS) is 11.9. The van der Waals surface area contributed by atoms with Crippen molar-refractivity contribution >= 4 is 23.4 Å². The van der Waals surface area contributed by atoms with Gasteiger partial charge in [0.25, 0.3) is 0 Å². The molecule has 0 aliphatic heterocycles. The minimum atomic E-state index is 0.283. The van der Waals surface area contributed by atoms with Gasteiger partial charge in [0.15, 0.2) is 0 Å². The Hall–Kier alpha value is -0.850. The number of alkyl halides is 1. The zero-order chi connectivity index (χ0) is 11.3. The molecule has 0 amide bonds. The molecule has 0 bridgehead atoms. The third-order valence-corrected chi connectivity index (χ3v) is 3.66. The highest BCUT2D eigenvalue weighted by atomic mass is 35.5. The summed E-state index contributed by atoms with van der Waals surface area (Å²) in [6, 6.07) is 7.58. The molecule has 0 radical (unpaired) electrons. The minimum absolute atomic E-state index is 0.283. The summed E-state index contributed by atoms with van der Waals surface area (Å²) in [6.07, 6.45) is 0. The van der Waals surface area contributed by atoms with Gasteiger partial charge in [0.2, 0.25) is 0 Å². The van der Waals surface area contributed by atoms with Crippen molar-refractivity contribution in [3.63, 3.8) is 0 Å². The monoisotopic (exact) mass is 241 g/mol. The van der Waals surface area contributed by atoms with Crippen LogP contribution < -0.4 is 4.74 Å². The molecule has 15 heavy (non-hydrogen) atoms. The van der Waals surface area contributed by atoms with Crippen LogP contribution in [0.15, 0.2) is 23.1 Å². The molecule has 0 aromatic heterocycles. The first kappa shape index (κ1) is 12.2. The Labute approximate surface area is 99.2 Å². The second-order valence-electron chi connectivity index (χ2n) is 3.06. The number of thioether (sulfide) groups is 1. The number of rotatable bonds is 4. The summed E-state index contributed by atoms with van der Waals surface area (Å²) in [5.74, 6) is 1.32. The average Bonchev–Trinajstić information content (AvgIpc) is 2.28. The van der Waals surface area contributed by atoms with Crippen LogP contribution in [-0.4, -0.2) is 18.2 Å². The van der Waals surface area contributed by atoms with Crippen LogP contribution in [0.1, 0.15) is 12.5 Å². The van der Waals surface area contributed by atoms with Gasteiger partial charge in [-0.3, -0.25) is 0 Å². The fourth-order valence-electron chi connectivity index (χ4n) is 1.07. The predicted molar refractivity (Wildman–Crippen MR) is 63.7 cm³/mol. The van der Waals surface area contributed by atoms with E-state index in [0.717, 1.165) is 10.6 Å². The summed E-state index contributed by atoms with van der Waals surface area (Å²) in [7, 11) is 1.61. The van der Waals surface area contributed by atoms with Crippen molar-refractivity contribution in [2.45, 2.75) is 17.1 Å². The number of hydrogen-bond acceptors (Lipinski definition) is 3. The van der Waals surface area contributed by atoms with Crippen molar-refractivity contribution in [1.29, 1.82) is 5.26 Å². The number of halogens is 1. The molecule has 1 atom stereocenters. The number of nitrogens with zero attached hydrogens (tertiary/aromatic N) is 1. The molecule has 2 nitrogen and oxygen atoms in total. The quantitative estimate of drug-likeness (QED) is 0.599. The maximum absolute atomic E-state index is 8.93. The molecule has 0 heterocycles. The first-order valence-corrected chi connectivity index (χ1v) is 5.93. The Morgan fingerprint density at radius 2 is 2.33 bits per heavy atom. The fraction of sp³-hybridized carbons (Fsp3) is 0.364. The molecule has 1 unspecified atom stereocenters. The van der Waals surface area contributed by atoms with E-state index in [4.69, 9.17) is 21.6 Å². The Bertz CT molecular complexity index is 375. The van der Waals surface area contributed by atoms with Crippen LogP contribution in [0.2, 0.25) is 0 Å². The van der Waals surface area contributed by atoms with Crippen LogP contribution in [-0.2, 0) is 0 Å². The van der Waals surface area contributed by atoms with Gasteiger partial charge in [-0.25, -0.2) is 0 Å². The van der Waals surface area contributed by atoms with E-state index in [-0.39, 0.29) is 5.25 Å². The van der Waals surface area contributed by atoms with E-state index in [1.54, 1.807) is 31.0 Å². The molecule has 0 saturated heterocycles. The first-order chi connectivity index (χ1) is 7.21. The van der Waals surface area contributed by atoms with Crippen molar-refractivity contribution in [1.82, 2.24) is 0 Å². The molecule has 0 aliphatic carbocycles. The molecule has 0 aliphatic rings. The highest BCUT2D eigenvalue weighted by molar-refractivity contribution is 8.00. The lowest BCUT2D eigenvalue weighted by Crippen LogP contribution is -1.98. The van der Waals surface area contributed by atoms with Crippen LogP contribution in [0.3, 0.4) is 0 Å². The standard InChI is InChI=1S/C11H12ClNOS/c1-8(6-12)15-11-5-10(14-2)4-3-9(11)7-13/h3-5,8H,6H2,1-2H3. The van der Waals surface area contributed by atoms with Gasteiger partial charge in [-0.15, -0.1) is 23.4 Å². The van der Waals surface area contributed by atoms with E-state index in [0.29, 0.717) is 11.4 Å². The number of benzene rings is 1. The molecule has 4 heteroatoms. The van der Waals surface area contributed by atoms with Gasteiger partial charge >= 0.3 is 0 Å². The molecular weight excluding hydrogens is 230 g/mol. The van der Waals surface area contributed by atoms with Crippen molar-refractivity contribution in [2.24, 2.45) is 0 Å². The largest absolute Gasteiger partial charge is 0.497 e. The van der Waals surface area contributed by atoms with Gasteiger partial charge < -0.3 is 4.74 Å². The number of nitriles is 1. The van der Waals surface area contributed by atoms with Crippen molar-refractivity contribution < 1.29 is 4.74 Å². The SMILES string of the molecule is COc1ccc(C#N)c(SC(C)CCl)c1. The van der Waals surface area contributed by atoms with E-state index < -0.39 is 0 Å². The second kappa shape index (κ2) is 5.89. The van der Waals surface area contributed by atoms with E-state index in [2.05, 4.69) is 6.07 Å². The zero-order valence-electron chi connectivity index (χ0n) is 8.66. The van der Waals surface area contributed by atoms with Gasteiger partial charge in [0, 0.05) is 16.0 Å². The van der Waals surface area contributed by atoms with E-state index in [1.807, 2.05) is 13.0 Å². The van der Waals surface area contributed by atoms with Crippen molar-refractivity contribution in [2.75, 3.05) is 13.0 Å². The van der Waals surface area contributed by atoms with E-state index >= 15 is 0 Å². The van der Waals surface area contributed by atoms with Crippen molar-refractivity contribution in [3.05, 3.63) is 23.8 Å². The first-order valence-electron chi connectivity index (χ1n) is 4.52. The van der Waals surface area contributed by atoms with Gasteiger partial charge in [0.1, 0.15) is 11.8 Å². The van der Waals surface area contributed by atoms with Crippen LogP contribution >= 0.6 is 23.4 Å². The van der Waals surface area contributed by atoms with E-state index in [9.17, 15) is 0 Å². The molecule has 0 saturated carbocycles. The number of ether oxygens (including phenoxy) is 1. The summed E-state index contributed by atoms with van der Waals surface area (Å²) in [5, 5.41) is 9.21. The van der Waals surface area contributed by atoms with Crippen LogP contribution in [0.25, 0.3) is 0 Å². The molecule has 1 aromatic carbocycles. The van der Waals surface area contributed by atoms with Crippen LogP contribution in [0, 0.1) is 11.3 Å². The predicted octanol–water partition coefficient (Wildman–Crippen LogP) is 3.29. The third-order valence-electron chi connectivity index (χ3n) is 1.85. The maximum Gasteiger partial charge on any atom is 0.120 e. The van der Waals surface area contributed by atoms with Gasteiger partial charge in [-0.05, 0) is 18.2 Å². The summed E-state index contributed by atoms with van der Waals surface area (Å²) in [5.41, 5.74) is 0.665. The summed E-state index contributed by atoms with van der Waals surface area (Å²) < 4.78 is 5.11. The Balaban J connectivity index is 2.97. The highest BCUT2D eigenvalue weighted by Crippen LogP contribution is 2.30. The molecule has 1 rings (SSSR count). The van der Waals surface area contributed by atoms with Crippen LogP contribution in [0.5, 0.6) is 5.75 Å². The summed E-state index contributed by atoms with van der Waals surface area (Å²) in [4.78, 5) is 0.921. The second-order valence-corrected chi connectivity index (χ2v) is 4.85. The topological polar surface area (TPSA) is 33.0 Å². The molecule has 0 fully saturated rings.